The second-order valence-electron chi connectivity index (χ2n) is 3.65. The van der Waals surface area contributed by atoms with Crippen LogP contribution in [0.15, 0.2) is 23.8 Å². The van der Waals surface area contributed by atoms with Gasteiger partial charge in [-0.15, -0.1) is 0 Å². The lowest BCUT2D eigenvalue weighted by Crippen LogP contribution is -2.37. The van der Waals surface area contributed by atoms with Gasteiger partial charge in [0.1, 0.15) is 6.10 Å². The van der Waals surface area contributed by atoms with Gasteiger partial charge in [-0.2, -0.15) is 0 Å². The first-order valence-electron chi connectivity index (χ1n) is 5.09. The lowest BCUT2D eigenvalue weighted by molar-refractivity contribution is -0.134. The van der Waals surface area contributed by atoms with Crippen LogP contribution in [-0.2, 0) is 19.0 Å². The van der Waals surface area contributed by atoms with Gasteiger partial charge in [-0.1, -0.05) is 12.0 Å². The van der Waals surface area contributed by atoms with Gasteiger partial charge in [0.2, 0.25) is 5.79 Å². The van der Waals surface area contributed by atoms with Crippen molar-refractivity contribution in [1.82, 2.24) is 0 Å². The fourth-order valence-corrected chi connectivity index (χ4v) is 1.58. The summed E-state index contributed by atoms with van der Waals surface area (Å²) in [7, 11) is 1.28. The minimum Gasteiger partial charge on any atom is -0.459 e. The molecule has 2 rings (SSSR count). The van der Waals surface area contributed by atoms with Crippen molar-refractivity contribution in [3.63, 3.8) is 0 Å². The number of allylic oxidation sites excluding steroid dienone is 2. The number of hydrogen-bond donors (Lipinski definition) is 1. The van der Waals surface area contributed by atoms with Gasteiger partial charge >= 0.3 is 5.97 Å². The zero-order valence-electron chi connectivity index (χ0n) is 9.30. The van der Waals surface area contributed by atoms with E-state index in [9.17, 15) is 9.90 Å². The van der Waals surface area contributed by atoms with E-state index < -0.39 is 17.9 Å². The van der Waals surface area contributed by atoms with E-state index in [1.54, 1.807) is 12.2 Å². The van der Waals surface area contributed by atoms with Gasteiger partial charge in [0, 0.05) is 12.3 Å². The Labute approximate surface area is 98.7 Å². The summed E-state index contributed by atoms with van der Waals surface area (Å²) in [5.74, 6) is 3.08. The molecule has 0 radical (unpaired) electrons. The van der Waals surface area contributed by atoms with Crippen LogP contribution in [0.2, 0.25) is 0 Å². The number of aliphatic hydroxyl groups is 1. The van der Waals surface area contributed by atoms with Crippen LogP contribution in [0.5, 0.6) is 0 Å². The highest BCUT2D eigenvalue weighted by atomic mass is 16.8. The van der Waals surface area contributed by atoms with Crippen LogP contribution in [0.4, 0.5) is 0 Å². The van der Waals surface area contributed by atoms with Crippen molar-refractivity contribution >= 4 is 5.97 Å². The van der Waals surface area contributed by atoms with Crippen LogP contribution in [0.3, 0.4) is 0 Å². The number of rotatable bonds is 1. The Kier molecular flexibility index (Phi) is 3.29. The first kappa shape index (κ1) is 11.9. The van der Waals surface area contributed by atoms with Gasteiger partial charge in [-0.25, -0.2) is 4.79 Å². The SMILES string of the molecule is COC(=O)C#CCC1=CC2OCOC2(O)C=C1. The Balaban J connectivity index is 2.00. The van der Waals surface area contributed by atoms with Crippen molar-refractivity contribution in [2.45, 2.75) is 18.3 Å². The van der Waals surface area contributed by atoms with E-state index in [-0.39, 0.29) is 6.79 Å². The van der Waals surface area contributed by atoms with Gasteiger partial charge in [-0.3, -0.25) is 0 Å². The third-order valence-electron chi connectivity index (χ3n) is 2.52. The van der Waals surface area contributed by atoms with Gasteiger partial charge < -0.3 is 19.3 Å². The molecule has 0 bridgehead atoms. The summed E-state index contributed by atoms with van der Waals surface area (Å²) in [5, 5.41) is 9.89. The van der Waals surface area contributed by atoms with Gasteiger partial charge in [-0.05, 0) is 17.7 Å². The molecular formula is C12H12O5. The molecule has 1 fully saturated rings. The lowest BCUT2D eigenvalue weighted by Gasteiger charge is -2.24. The molecule has 1 N–H and O–H groups in total. The Hall–Kier alpha value is -1.61. The normalized spacial score (nSPS) is 30.0. The predicted molar refractivity (Wildman–Crippen MR) is 57.4 cm³/mol. The van der Waals surface area contributed by atoms with E-state index in [0.29, 0.717) is 6.42 Å². The molecule has 17 heavy (non-hydrogen) atoms. The lowest BCUT2D eigenvalue weighted by atomic mass is 9.98. The summed E-state index contributed by atoms with van der Waals surface area (Å²) in [6, 6.07) is 0. The zero-order chi connectivity index (χ0) is 12.3. The van der Waals surface area contributed by atoms with Gasteiger partial charge in [0.25, 0.3) is 0 Å². The average molecular weight is 236 g/mol. The van der Waals surface area contributed by atoms with E-state index in [2.05, 4.69) is 16.6 Å². The highest BCUT2D eigenvalue weighted by molar-refractivity contribution is 5.88. The maximum atomic E-state index is 10.8. The molecule has 1 heterocycles. The molecule has 1 saturated heterocycles. The average Bonchev–Trinajstić information content (AvgIpc) is 2.70. The summed E-state index contributed by atoms with van der Waals surface area (Å²) in [4.78, 5) is 10.8. The number of carbonyl (C=O) groups excluding carboxylic acids is 1. The number of carbonyl (C=O) groups is 1. The molecule has 0 saturated carbocycles. The molecule has 0 aromatic carbocycles. The van der Waals surface area contributed by atoms with Crippen LogP contribution >= 0.6 is 0 Å². The Morgan fingerprint density at radius 1 is 1.76 bits per heavy atom. The summed E-state index contributed by atoms with van der Waals surface area (Å²) in [6.07, 6.45) is 4.85. The van der Waals surface area contributed by atoms with E-state index in [1.807, 2.05) is 0 Å². The molecule has 2 aliphatic rings. The van der Waals surface area contributed by atoms with Crippen molar-refractivity contribution in [1.29, 1.82) is 0 Å². The van der Waals surface area contributed by atoms with E-state index in [0.717, 1.165) is 5.57 Å². The van der Waals surface area contributed by atoms with Crippen LogP contribution in [-0.4, -0.2) is 36.9 Å². The van der Waals surface area contributed by atoms with Crippen molar-refractivity contribution in [2.24, 2.45) is 0 Å². The van der Waals surface area contributed by atoms with Gasteiger partial charge in [0.05, 0.1) is 7.11 Å². The molecule has 0 aromatic rings. The van der Waals surface area contributed by atoms with Crippen molar-refractivity contribution in [3.05, 3.63) is 23.8 Å². The Morgan fingerprint density at radius 3 is 3.35 bits per heavy atom. The molecule has 2 unspecified atom stereocenters. The standard InChI is InChI=1S/C12H12O5/c1-15-11(13)4-2-3-9-5-6-12(14)10(7-9)16-8-17-12/h5-7,10,14H,3,8H2,1H3. The Morgan fingerprint density at radius 2 is 2.59 bits per heavy atom. The minimum atomic E-state index is -1.36. The van der Waals surface area contributed by atoms with E-state index >= 15 is 0 Å². The maximum Gasteiger partial charge on any atom is 0.384 e. The molecule has 2 atom stereocenters. The van der Waals surface area contributed by atoms with Crippen LogP contribution in [0.25, 0.3) is 0 Å². The van der Waals surface area contributed by atoms with Crippen LogP contribution in [0.1, 0.15) is 6.42 Å². The highest BCUT2D eigenvalue weighted by Gasteiger charge is 2.42. The molecular weight excluding hydrogens is 224 g/mol. The first-order valence-corrected chi connectivity index (χ1v) is 5.09. The molecule has 1 aliphatic carbocycles. The van der Waals surface area contributed by atoms with Crippen LogP contribution < -0.4 is 0 Å². The number of methoxy groups -OCH3 is 1. The maximum absolute atomic E-state index is 10.8. The molecule has 1 aliphatic heterocycles. The van der Waals surface area contributed by atoms with E-state index in [1.165, 1.54) is 13.2 Å². The van der Waals surface area contributed by atoms with Gasteiger partial charge in [0.15, 0.2) is 6.79 Å². The summed E-state index contributed by atoms with van der Waals surface area (Å²) < 4.78 is 14.6. The molecule has 5 heteroatoms. The molecule has 5 nitrogen and oxygen atoms in total. The quantitative estimate of drug-likeness (QED) is 0.397. The smallest absolute Gasteiger partial charge is 0.384 e. The van der Waals surface area contributed by atoms with Crippen molar-refractivity contribution in [3.8, 4) is 11.8 Å². The predicted octanol–water partition coefficient (Wildman–Crippen LogP) is 0.111. The molecule has 0 spiro atoms. The summed E-state index contributed by atoms with van der Waals surface area (Å²) >= 11 is 0. The Bertz CT molecular complexity index is 440. The van der Waals surface area contributed by atoms with Crippen molar-refractivity contribution < 1.29 is 24.1 Å². The largest absolute Gasteiger partial charge is 0.459 e. The summed E-state index contributed by atoms with van der Waals surface area (Å²) in [6.45, 7) is 0.0587. The number of ether oxygens (including phenoxy) is 3. The fourth-order valence-electron chi connectivity index (χ4n) is 1.58. The molecule has 0 aromatic heterocycles. The first-order chi connectivity index (χ1) is 8.14. The number of fused-ring (bicyclic) bond motifs is 1. The number of hydrogen-bond acceptors (Lipinski definition) is 5. The third kappa shape index (κ3) is 2.56. The molecule has 90 valence electrons. The number of esters is 1. The zero-order valence-corrected chi connectivity index (χ0v) is 9.30. The second kappa shape index (κ2) is 4.72. The van der Waals surface area contributed by atoms with Crippen molar-refractivity contribution in [2.75, 3.05) is 13.9 Å². The highest BCUT2D eigenvalue weighted by Crippen LogP contribution is 2.30. The van der Waals surface area contributed by atoms with E-state index in [4.69, 9.17) is 9.47 Å². The second-order valence-corrected chi connectivity index (χ2v) is 3.65. The molecule has 0 amide bonds. The minimum absolute atomic E-state index is 0.0587. The topological polar surface area (TPSA) is 65.0 Å². The third-order valence-corrected chi connectivity index (χ3v) is 2.52. The fraction of sp³-hybridized carbons (Fsp3) is 0.417. The summed E-state index contributed by atoms with van der Waals surface area (Å²) in [5.41, 5.74) is 0.863. The monoisotopic (exact) mass is 236 g/mol. The van der Waals surface area contributed by atoms with Crippen LogP contribution in [0, 0.1) is 11.8 Å².